The van der Waals surface area contributed by atoms with E-state index in [1.165, 1.54) is 42.0 Å². The zero-order chi connectivity index (χ0) is 16.1. The molecule has 1 aromatic carbocycles. The Morgan fingerprint density at radius 3 is 2.62 bits per heavy atom. The van der Waals surface area contributed by atoms with Crippen molar-refractivity contribution in [1.29, 1.82) is 0 Å². The van der Waals surface area contributed by atoms with Crippen LogP contribution in [0.1, 0.15) is 44.1 Å². The van der Waals surface area contributed by atoms with Crippen molar-refractivity contribution in [3.05, 3.63) is 42.2 Å². The van der Waals surface area contributed by atoms with Crippen molar-refractivity contribution < 1.29 is 4.79 Å². The zero-order valence-corrected chi connectivity index (χ0v) is 14.0. The third-order valence-corrected chi connectivity index (χ3v) is 6.29. The van der Waals surface area contributed by atoms with Crippen LogP contribution in [0.5, 0.6) is 0 Å². The van der Waals surface area contributed by atoms with E-state index in [1.807, 2.05) is 12.4 Å². The first-order valence-electron chi connectivity index (χ1n) is 9.43. The number of aromatic nitrogens is 1. The maximum absolute atomic E-state index is 12.6. The fourth-order valence-corrected chi connectivity index (χ4v) is 5.02. The van der Waals surface area contributed by atoms with Gasteiger partial charge in [-0.2, -0.15) is 0 Å². The second-order valence-electron chi connectivity index (χ2n) is 7.96. The van der Waals surface area contributed by atoms with Crippen LogP contribution in [0.2, 0.25) is 0 Å². The van der Waals surface area contributed by atoms with Gasteiger partial charge in [0.05, 0.1) is 0 Å². The molecular weight excluding hydrogens is 296 g/mol. The van der Waals surface area contributed by atoms with E-state index in [0.717, 1.165) is 19.3 Å². The molecule has 2 bridgehead atoms. The molecule has 3 fully saturated rings. The van der Waals surface area contributed by atoms with Crippen LogP contribution in [0.3, 0.4) is 0 Å². The fourth-order valence-electron chi connectivity index (χ4n) is 5.02. The largest absolute Gasteiger partial charge is 0.336 e. The van der Waals surface area contributed by atoms with E-state index in [1.54, 1.807) is 0 Å². The number of benzene rings is 1. The Kier molecular flexibility index (Phi) is 3.36. The second kappa shape index (κ2) is 5.58. The molecule has 0 spiro atoms. The lowest BCUT2D eigenvalue weighted by molar-refractivity contribution is -0.137. The van der Waals surface area contributed by atoms with Crippen LogP contribution in [0.15, 0.2) is 36.7 Å². The summed E-state index contributed by atoms with van der Waals surface area (Å²) >= 11 is 0. The van der Waals surface area contributed by atoms with Gasteiger partial charge in [0.25, 0.3) is 0 Å². The van der Waals surface area contributed by atoms with Gasteiger partial charge in [0, 0.05) is 35.8 Å². The molecule has 3 heteroatoms. The van der Waals surface area contributed by atoms with E-state index in [0.29, 0.717) is 29.8 Å². The standard InChI is InChI=1S/C21H24N2O/c24-21(16-4-5-16)23-18-6-7-19(23)12-14(11-18)10-17-3-1-2-15-8-9-22-13-20(15)17/h1-3,8-9,13-14,16,18-19H,4-7,10-12H2. The van der Waals surface area contributed by atoms with Gasteiger partial charge >= 0.3 is 0 Å². The van der Waals surface area contributed by atoms with Crippen molar-refractivity contribution in [2.24, 2.45) is 11.8 Å². The third-order valence-electron chi connectivity index (χ3n) is 6.29. The van der Waals surface area contributed by atoms with Gasteiger partial charge in [0.15, 0.2) is 0 Å². The van der Waals surface area contributed by atoms with E-state index in [-0.39, 0.29) is 0 Å². The van der Waals surface area contributed by atoms with Crippen LogP contribution in [-0.2, 0) is 11.2 Å². The van der Waals surface area contributed by atoms with Crippen LogP contribution in [0, 0.1) is 11.8 Å². The van der Waals surface area contributed by atoms with Gasteiger partial charge in [-0.15, -0.1) is 0 Å². The molecule has 3 nitrogen and oxygen atoms in total. The van der Waals surface area contributed by atoms with Crippen LogP contribution in [0.25, 0.3) is 10.8 Å². The highest BCUT2D eigenvalue weighted by atomic mass is 16.2. The molecule has 2 unspecified atom stereocenters. The quantitative estimate of drug-likeness (QED) is 0.858. The first-order valence-corrected chi connectivity index (χ1v) is 9.43. The minimum Gasteiger partial charge on any atom is -0.336 e. The second-order valence-corrected chi connectivity index (χ2v) is 7.96. The molecule has 5 rings (SSSR count). The van der Waals surface area contributed by atoms with Gasteiger partial charge in [-0.1, -0.05) is 18.2 Å². The highest BCUT2D eigenvalue weighted by Gasteiger charge is 2.46. The number of rotatable bonds is 3. The maximum Gasteiger partial charge on any atom is 0.226 e. The first-order chi connectivity index (χ1) is 11.8. The average molecular weight is 320 g/mol. The molecule has 24 heavy (non-hydrogen) atoms. The third kappa shape index (κ3) is 2.42. The lowest BCUT2D eigenvalue weighted by atomic mass is 9.84. The van der Waals surface area contributed by atoms with E-state index in [4.69, 9.17) is 0 Å². The summed E-state index contributed by atoms with van der Waals surface area (Å²) in [6, 6.07) is 9.71. The smallest absolute Gasteiger partial charge is 0.226 e. The Hall–Kier alpha value is -1.90. The number of hydrogen-bond donors (Lipinski definition) is 0. The summed E-state index contributed by atoms with van der Waals surface area (Å²) in [5, 5.41) is 2.58. The van der Waals surface area contributed by atoms with E-state index < -0.39 is 0 Å². The summed E-state index contributed by atoms with van der Waals surface area (Å²) in [6.07, 6.45) is 12.1. The molecule has 1 amide bonds. The van der Waals surface area contributed by atoms with Crippen LogP contribution in [0.4, 0.5) is 0 Å². The molecule has 1 aliphatic carbocycles. The molecule has 2 aliphatic heterocycles. The molecule has 2 saturated heterocycles. The molecule has 2 aromatic rings. The Morgan fingerprint density at radius 2 is 1.88 bits per heavy atom. The SMILES string of the molecule is O=C(C1CC1)N1C2CCC1CC(Cc1cccc3ccncc13)C2. The highest BCUT2D eigenvalue weighted by Crippen LogP contribution is 2.43. The van der Waals surface area contributed by atoms with Gasteiger partial charge in [-0.3, -0.25) is 9.78 Å². The van der Waals surface area contributed by atoms with Gasteiger partial charge in [0.1, 0.15) is 0 Å². The zero-order valence-electron chi connectivity index (χ0n) is 14.0. The molecule has 124 valence electrons. The van der Waals surface area contributed by atoms with E-state index in [2.05, 4.69) is 34.1 Å². The lowest BCUT2D eigenvalue weighted by Crippen LogP contribution is -2.47. The minimum atomic E-state index is 0.369. The number of fused-ring (bicyclic) bond motifs is 3. The number of hydrogen-bond acceptors (Lipinski definition) is 2. The van der Waals surface area contributed by atoms with Crippen LogP contribution in [-0.4, -0.2) is 27.9 Å². The molecule has 3 heterocycles. The van der Waals surface area contributed by atoms with Gasteiger partial charge < -0.3 is 4.90 Å². The summed E-state index contributed by atoms with van der Waals surface area (Å²) < 4.78 is 0. The summed E-state index contributed by atoms with van der Waals surface area (Å²) in [7, 11) is 0. The average Bonchev–Trinajstić information content (AvgIpc) is 3.41. The Balaban J connectivity index is 1.35. The molecule has 0 N–H and O–H groups in total. The Labute approximate surface area is 143 Å². The molecule has 1 saturated carbocycles. The van der Waals surface area contributed by atoms with Crippen molar-refractivity contribution >= 4 is 16.7 Å². The lowest BCUT2D eigenvalue weighted by Gasteiger charge is -2.39. The van der Waals surface area contributed by atoms with Crippen molar-refractivity contribution in [2.45, 2.75) is 57.0 Å². The topological polar surface area (TPSA) is 33.2 Å². The van der Waals surface area contributed by atoms with Crippen molar-refractivity contribution in [1.82, 2.24) is 9.88 Å². The molecule has 3 aliphatic rings. The van der Waals surface area contributed by atoms with E-state index in [9.17, 15) is 4.79 Å². The van der Waals surface area contributed by atoms with Crippen molar-refractivity contribution in [3.63, 3.8) is 0 Å². The monoisotopic (exact) mass is 320 g/mol. The molecule has 1 aromatic heterocycles. The molecule has 2 atom stereocenters. The summed E-state index contributed by atoms with van der Waals surface area (Å²) in [5.41, 5.74) is 1.42. The summed E-state index contributed by atoms with van der Waals surface area (Å²) in [6.45, 7) is 0. The number of amides is 1. The molecule has 0 radical (unpaired) electrons. The maximum atomic E-state index is 12.6. The van der Waals surface area contributed by atoms with E-state index >= 15 is 0 Å². The van der Waals surface area contributed by atoms with Gasteiger partial charge in [-0.05, 0) is 67.9 Å². The fraction of sp³-hybridized carbons (Fsp3) is 0.524. The predicted molar refractivity (Wildman–Crippen MR) is 94.6 cm³/mol. The summed E-state index contributed by atoms with van der Waals surface area (Å²) in [5.74, 6) is 1.54. The normalized spacial score (nSPS) is 29.2. The minimum absolute atomic E-state index is 0.369. The number of nitrogens with zero attached hydrogens (tertiary/aromatic N) is 2. The Bertz CT molecular complexity index is 763. The number of carbonyl (C=O) groups excluding carboxylic acids is 1. The number of carbonyl (C=O) groups is 1. The molecular formula is C21H24N2O. The Morgan fingerprint density at radius 1 is 1.08 bits per heavy atom. The summed E-state index contributed by atoms with van der Waals surface area (Å²) in [4.78, 5) is 19.2. The predicted octanol–water partition coefficient (Wildman–Crippen LogP) is 3.96. The van der Waals surface area contributed by atoms with Gasteiger partial charge in [0.2, 0.25) is 5.91 Å². The van der Waals surface area contributed by atoms with Crippen molar-refractivity contribution in [3.8, 4) is 0 Å². The first kappa shape index (κ1) is 14.4. The van der Waals surface area contributed by atoms with Gasteiger partial charge in [-0.25, -0.2) is 0 Å². The number of pyridine rings is 1. The van der Waals surface area contributed by atoms with Crippen LogP contribution >= 0.6 is 0 Å². The van der Waals surface area contributed by atoms with Crippen LogP contribution < -0.4 is 0 Å². The number of piperidine rings is 1. The highest BCUT2D eigenvalue weighted by molar-refractivity contribution is 5.84. The van der Waals surface area contributed by atoms with Crippen molar-refractivity contribution in [2.75, 3.05) is 0 Å².